The number of nitrogens with zero attached hydrogens (tertiary/aromatic N) is 1. The van der Waals surface area contributed by atoms with Gasteiger partial charge < -0.3 is 10.0 Å². The predicted octanol–water partition coefficient (Wildman–Crippen LogP) is 2.88. The molecule has 2 aromatic rings. The third-order valence-corrected chi connectivity index (χ3v) is 2.95. The van der Waals surface area contributed by atoms with E-state index in [0.29, 0.717) is 5.69 Å². The summed E-state index contributed by atoms with van der Waals surface area (Å²) in [5.41, 5.74) is 0.626. The highest BCUT2D eigenvalue weighted by molar-refractivity contribution is 5.94. The Hall–Kier alpha value is -2.43. The molecule has 0 aliphatic heterocycles. The summed E-state index contributed by atoms with van der Waals surface area (Å²) in [6.07, 6.45) is -0.182. The molecule has 0 saturated heterocycles. The Balaban J connectivity index is 2.15. The normalized spacial score (nSPS) is 10.3. The first-order chi connectivity index (χ1) is 9.47. The summed E-state index contributed by atoms with van der Waals surface area (Å²) in [6.45, 7) is 0. The molecule has 0 radical (unpaired) electrons. The topological polar surface area (TPSA) is 40.5 Å². The molecule has 104 valence electrons. The van der Waals surface area contributed by atoms with Gasteiger partial charge in [-0.2, -0.15) is 0 Å². The number of rotatable bonds is 3. The number of carbonyl (C=O) groups is 1. The van der Waals surface area contributed by atoms with E-state index in [4.69, 9.17) is 0 Å². The third-order valence-electron chi connectivity index (χ3n) is 2.95. The fourth-order valence-electron chi connectivity index (χ4n) is 1.79. The molecule has 1 N–H and O–H groups in total. The zero-order valence-electron chi connectivity index (χ0n) is 10.8. The minimum atomic E-state index is -0.748. The van der Waals surface area contributed by atoms with Crippen LogP contribution in [-0.2, 0) is 11.2 Å². The molecule has 0 bridgehead atoms. The highest BCUT2D eigenvalue weighted by atomic mass is 19.1. The Morgan fingerprint density at radius 3 is 2.60 bits per heavy atom. The van der Waals surface area contributed by atoms with Gasteiger partial charge in [0.1, 0.15) is 17.4 Å². The fourth-order valence-corrected chi connectivity index (χ4v) is 1.79. The first-order valence-corrected chi connectivity index (χ1v) is 5.97. The molecule has 0 spiro atoms. The van der Waals surface area contributed by atoms with Crippen molar-refractivity contribution < 1.29 is 18.7 Å². The number of phenolic OH excluding ortho intramolecular Hbond substituents is 1. The molecule has 0 heterocycles. The Kier molecular flexibility index (Phi) is 3.98. The lowest BCUT2D eigenvalue weighted by atomic mass is 10.1. The quantitative estimate of drug-likeness (QED) is 0.937. The summed E-state index contributed by atoms with van der Waals surface area (Å²) >= 11 is 0. The van der Waals surface area contributed by atoms with Gasteiger partial charge in [-0.3, -0.25) is 4.79 Å². The number of amides is 1. The van der Waals surface area contributed by atoms with Gasteiger partial charge in [-0.15, -0.1) is 0 Å². The third kappa shape index (κ3) is 3.12. The molecule has 5 heteroatoms. The van der Waals surface area contributed by atoms with Crippen molar-refractivity contribution in [2.24, 2.45) is 0 Å². The fraction of sp³-hybridized carbons (Fsp3) is 0.133. The maximum Gasteiger partial charge on any atom is 0.231 e. The van der Waals surface area contributed by atoms with Gasteiger partial charge in [0.15, 0.2) is 0 Å². The molecule has 20 heavy (non-hydrogen) atoms. The summed E-state index contributed by atoms with van der Waals surface area (Å²) in [5, 5.41) is 9.37. The second-order valence-corrected chi connectivity index (χ2v) is 4.39. The molecule has 0 saturated carbocycles. The predicted molar refractivity (Wildman–Crippen MR) is 71.6 cm³/mol. The van der Waals surface area contributed by atoms with Crippen molar-refractivity contribution in [3.8, 4) is 5.75 Å². The number of carbonyl (C=O) groups excluding carboxylic acids is 1. The van der Waals surface area contributed by atoms with Crippen LogP contribution in [0, 0.1) is 11.6 Å². The van der Waals surface area contributed by atoms with E-state index in [1.165, 1.54) is 30.1 Å². The molecule has 2 rings (SSSR count). The van der Waals surface area contributed by atoms with Gasteiger partial charge in [-0.1, -0.05) is 12.1 Å². The van der Waals surface area contributed by atoms with Crippen LogP contribution in [0.4, 0.5) is 14.5 Å². The van der Waals surface area contributed by atoms with E-state index in [1.807, 2.05) is 0 Å². The van der Waals surface area contributed by atoms with Gasteiger partial charge in [0, 0.05) is 24.9 Å². The van der Waals surface area contributed by atoms with Crippen molar-refractivity contribution in [1.82, 2.24) is 0 Å². The van der Waals surface area contributed by atoms with Crippen LogP contribution in [-0.4, -0.2) is 18.1 Å². The van der Waals surface area contributed by atoms with Crippen LogP contribution in [0.15, 0.2) is 42.5 Å². The molecule has 3 nitrogen and oxygen atoms in total. The summed E-state index contributed by atoms with van der Waals surface area (Å²) < 4.78 is 26.3. The zero-order chi connectivity index (χ0) is 14.7. The van der Waals surface area contributed by atoms with E-state index in [1.54, 1.807) is 12.1 Å². The molecule has 0 fully saturated rings. The lowest BCUT2D eigenvalue weighted by Gasteiger charge is -2.17. The smallest absolute Gasteiger partial charge is 0.231 e. The molecule has 2 aromatic carbocycles. The molecule has 0 unspecified atom stereocenters. The van der Waals surface area contributed by atoms with E-state index in [0.717, 1.165) is 12.1 Å². The maximum absolute atomic E-state index is 13.5. The van der Waals surface area contributed by atoms with Crippen molar-refractivity contribution in [3.05, 3.63) is 59.7 Å². The van der Waals surface area contributed by atoms with Crippen LogP contribution in [0.1, 0.15) is 5.56 Å². The molecular formula is C15H13F2NO2. The highest BCUT2D eigenvalue weighted by Gasteiger charge is 2.14. The monoisotopic (exact) mass is 277 g/mol. The van der Waals surface area contributed by atoms with Crippen molar-refractivity contribution >= 4 is 11.6 Å². The largest absolute Gasteiger partial charge is 0.508 e. The number of benzene rings is 2. The summed E-state index contributed by atoms with van der Waals surface area (Å²) in [4.78, 5) is 13.4. The summed E-state index contributed by atoms with van der Waals surface area (Å²) in [7, 11) is 1.53. The van der Waals surface area contributed by atoms with Gasteiger partial charge in [0.25, 0.3) is 0 Å². The first kappa shape index (κ1) is 14.0. The second kappa shape index (κ2) is 5.69. The van der Waals surface area contributed by atoms with Crippen LogP contribution >= 0.6 is 0 Å². The number of phenols is 1. The maximum atomic E-state index is 13.5. The Morgan fingerprint density at radius 2 is 1.95 bits per heavy atom. The van der Waals surface area contributed by atoms with E-state index in [2.05, 4.69) is 0 Å². The minimum absolute atomic E-state index is 0.0371. The van der Waals surface area contributed by atoms with Gasteiger partial charge in [-0.05, 0) is 23.8 Å². The molecule has 1 amide bonds. The molecule has 0 aliphatic carbocycles. The van der Waals surface area contributed by atoms with Crippen molar-refractivity contribution in [2.45, 2.75) is 6.42 Å². The van der Waals surface area contributed by atoms with Gasteiger partial charge >= 0.3 is 0 Å². The number of anilines is 1. The molecule has 0 aliphatic rings. The first-order valence-electron chi connectivity index (χ1n) is 5.97. The Morgan fingerprint density at radius 1 is 1.20 bits per heavy atom. The Labute approximate surface area is 115 Å². The molecular weight excluding hydrogens is 264 g/mol. The van der Waals surface area contributed by atoms with E-state index in [-0.39, 0.29) is 23.6 Å². The SMILES string of the molecule is CN(C(=O)Cc1ccc(F)cc1F)c1cccc(O)c1. The van der Waals surface area contributed by atoms with Crippen LogP contribution in [0.2, 0.25) is 0 Å². The number of aromatic hydroxyl groups is 1. The average molecular weight is 277 g/mol. The van der Waals surface area contributed by atoms with Crippen LogP contribution in [0.5, 0.6) is 5.75 Å². The molecule has 0 aromatic heterocycles. The Bertz CT molecular complexity index is 644. The number of likely N-dealkylation sites (N-methyl/N-ethyl adjacent to an activating group) is 1. The van der Waals surface area contributed by atoms with E-state index < -0.39 is 11.6 Å². The van der Waals surface area contributed by atoms with E-state index >= 15 is 0 Å². The van der Waals surface area contributed by atoms with Crippen molar-refractivity contribution in [1.29, 1.82) is 0 Å². The second-order valence-electron chi connectivity index (χ2n) is 4.39. The lowest BCUT2D eigenvalue weighted by Crippen LogP contribution is -2.28. The minimum Gasteiger partial charge on any atom is -0.508 e. The van der Waals surface area contributed by atoms with Gasteiger partial charge in [-0.25, -0.2) is 8.78 Å². The number of hydrogen-bond donors (Lipinski definition) is 1. The summed E-state index contributed by atoms with van der Waals surface area (Å²) in [5.74, 6) is -1.75. The van der Waals surface area contributed by atoms with Gasteiger partial charge in [0.2, 0.25) is 5.91 Å². The number of halogens is 2. The average Bonchev–Trinajstić information content (AvgIpc) is 2.41. The van der Waals surface area contributed by atoms with Crippen LogP contribution < -0.4 is 4.90 Å². The summed E-state index contributed by atoms with van der Waals surface area (Å²) in [6, 6.07) is 9.28. The standard InChI is InChI=1S/C15H13F2NO2/c1-18(12-3-2-4-13(19)9-12)15(20)7-10-5-6-11(16)8-14(10)17/h2-6,8-9,19H,7H2,1H3. The lowest BCUT2D eigenvalue weighted by molar-refractivity contribution is -0.117. The van der Waals surface area contributed by atoms with Gasteiger partial charge in [0.05, 0.1) is 6.42 Å². The van der Waals surface area contributed by atoms with Crippen LogP contribution in [0.25, 0.3) is 0 Å². The van der Waals surface area contributed by atoms with Crippen molar-refractivity contribution in [3.63, 3.8) is 0 Å². The number of hydrogen-bond acceptors (Lipinski definition) is 2. The highest BCUT2D eigenvalue weighted by Crippen LogP contribution is 2.20. The molecule has 0 atom stereocenters. The van der Waals surface area contributed by atoms with Crippen LogP contribution in [0.3, 0.4) is 0 Å². The zero-order valence-corrected chi connectivity index (χ0v) is 10.8. The van der Waals surface area contributed by atoms with Crippen molar-refractivity contribution in [2.75, 3.05) is 11.9 Å². The van der Waals surface area contributed by atoms with E-state index in [9.17, 15) is 18.7 Å².